The van der Waals surface area contributed by atoms with E-state index in [1.165, 1.54) is 19.3 Å². The molecule has 0 saturated carbocycles. The van der Waals surface area contributed by atoms with Gasteiger partial charge in [0.1, 0.15) is 5.82 Å². The van der Waals surface area contributed by atoms with E-state index in [0.717, 1.165) is 28.3 Å². The average Bonchev–Trinajstić information content (AvgIpc) is 2.33. The Morgan fingerprint density at radius 3 is 2.41 bits per heavy atom. The van der Waals surface area contributed by atoms with Gasteiger partial charge in [-0.25, -0.2) is 4.98 Å². The van der Waals surface area contributed by atoms with Crippen LogP contribution >= 0.6 is 22.6 Å². The molecule has 94 valence electrons. The van der Waals surface area contributed by atoms with E-state index < -0.39 is 0 Å². The number of hydrogen-bond donors (Lipinski definition) is 1. The van der Waals surface area contributed by atoms with Crippen LogP contribution in [0.15, 0.2) is 0 Å². The molecule has 0 bridgehead atoms. The summed E-state index contributed by atoms with van der Waals surface area (Å²) in [7, 11) is 0. The van der Waals surface area contributed by atoms with Gasteiger partial charge in [0.05, 0.1) is 9.26 Å². The fourth-order valence-corrected chi connectivity index (χ4v) is 2.95. The molecule has 0 unspecified atom stereocenters. The zero-order chi connectivity index (χ0) is 12.4. The minimum Gasteiger partial charge on any atom is -0.383 e. The highest BCUT2D eigenvalue weighted by Gasteiger charge is 2.18. The number of nitrogen functional groups attached to an aromatic ring is 1. The first-order chi connectivity index (χ1) is 8.09. The number of halogens is 1. The smallest absolute Gasteiger partial charge is 0.227 e. The molecule has 1 aliphatic rings. The van der Waals surface area contributed by atoms with Crippen molar-refractivity contribution >= 4 is 34.4 Å². The first-order valence-electron chi connectivity index (χ1n) is 6.17. The fraction of sp³-hybridized carbons (Fsp3) is 0.667. The van der Waals surface area contributed by atoms with E-state index in [4.69, 9.17) is 5.73 Å². The van der Waals surface area contributed by atoms with E-state index in [1.807, 2.05) is 0 Å². The lowest BCUT2D eigenvalue weighted by Gasteiger charge is -2.27. The van der Waals surface area contributed by atoms with Crippen LogP contribution in [0.5, 0.6) is 0 Å². The number of anilines is 2. The Kier molecular flexibility index (Phi) is 4.06. The third-order valence-corrected chi connectivity index (χ3v) is 4.18. The molecule has 1 saturated heterocycles. The van der Waals surface area contributed by atoms with Crippen LogP contribution in [-0.4, -0.2) is 23.1 Å². The van der Waals surface area contributed by atoms with Crippen LogP contribution in [0.2, 0.25) is 0 Å². The van der Waals surface area contributed by atoms with Gasteiger partial charge < -0.3 is 10.6 Å². The highest BCUT2D eigenvalue weighted by atomic mass is 127. The number of aromatic nitrogens is 2. The van der Waals surface area contributed by atoms with E-state index in [0.29, 0.717) is 11.7 Å². The lowest BCUT2D eigenvalue weighted by atomic mass is 10.1. The van der Waals surface area contributed by atoms with E-state index in [9.17, 15) is 0 Å². The topological polar surface area (TPSA) is 55.0 Å². The predicted molar refractivity (Wildman–Crippen MR) is 79.3 cm³/mol. The largest absolute Gasteiger partial charge is 0.383 e. The second kappa shape index (κ2) is 5.37. The second-order valence-corrected chi connectivity index (χ2v) is 5.89. The van der Waals surface area contributed by atoms with Gasteiger partial charge in [-0.05, 0) is 47.8 Å². The third-order valence-electron chi connectivity index (χ3n) is 3.08. The summed E-state index contributed by atoms with van der Waals surface area (Å²) in [6.07, 6.45) is 3.77. The molecule has 17 heavy (non-hydrogen) atoms. The van der Waals surface area contributed by atoms with Gasteiger partial charge in [0.15, 0.2) is 0 Å². The Morgan fingerprint density at radius 1 is 1.18 bits per heavy atom. The van der Waals surface area contributed by atoms with Crippen molar-refractivity contribution in [3.63, 3.8) is 0 Å². The van der Waals surface area contributed by atoms with Crippen molar-refractivity contribution in [1.82, 2.24) is 9.97 Å². The highest BCUT2D eigenvalue weighted by Crippen LogP contribution is 2.26. The Balaban J connectivity index is 2.34. The van der Waals surface area contributed by atoms with Gasteiger partial charge in [-0.2, -0.15) is 4.98 Å². The maximum Gasteiger partial charge on any atom is 0.227 e. The van der Waals surface area contributed by atoms with Gasteiger partial charge in [0.2, 0.25) is 5.95 Å². The Morgan fingerprint density at radius 2 is 1.82 bits per heavy atom. The summed E-state index contributed by atoms with van der Waals surface area (Å²) >= 11 is 2.24. The molecule has 1 aliphatic heterocycles. The van der Waals surface area contributed by atoms with Crippen LogP contribution in [0.3, 0.4) is 0 Å². The fourth-order valence-electron chi connectivity index (χ4n) is 2.09. The number of piperidine rings is 1. The summed E-state index contributed by atoms with van der Waals surface area (Å²) in [5.74, 6) is 1.81. The third kappa shape index (κ3) is 2.81. The highest BCUT2D eigenvalue weighted by molar-refractivity contribution is 14.1. The van der Waals surface area contributed by atoms with Crippen molar-refractivity contribution in [2.75, 3.05) is 23.7 Å². The van der Waals surface area contributed by atoms with Gasteiger partial charge >= 0.3 is 0 Å². The maximum absolute atomic E-state index is 5.98. The summed E-state index contributed by atoms with van der Waals surface area (Å²) in [5, 5.41) is 0. The SMILES string of the molecule is CC(C)c1nc(N2CCCCC2)nc(N)c1I. The molecule has 5 heteroatoms. The molecule has 1 aromatic heterocycles. The molecule has 4 nitrogen and oxygen atoms in total. The molecule has 0 amide bonds. The molecule has 0 aliphatic carbocycles. The molecule has 0 radical (unpaired) electrons. The van der Waals surface area contributed by atoms with Crippen LogP contribution in [0.1, 0.15) is 44.7 Å². The van der Waals surface area contributed by atoms with Gasteiger partial charge in [-0.3, -0.25) is 0 Å². The van der Waals surface area contributed by atoms with Crippen molar-refractivity contribution < 1.29 is 0 Å². The van der Waals surface area contributed by atoms with Gasteiger partial charge in [-0.15, -0.1) is 0 Å². The van der Waals surface area contributed by atoms with E-state index >= 15 is 0 Å². The molecule has 0 aromatic carbocycles. The lowest BCUT2D eigenvalue weighted by Crippen LogP contribution is -2.31. The molecular formula is C12H19IN4. The summed E-state index contributed by atoms with van der Waals surface area (Å²) in [4.78, 5) is 11.4. The molecule has 2 rings (SSSR count). The molecular weight excluding hydrogens is 327 g/mol. The van der Waals surface area contributed by atoms with Crippen molar-refractivity contribution in [3.8, 4) is 0 Å². The first-order valence-corrected chi connectivity index (χ1v) is 7.25. The van der Waals surface area contributed by atoms with E-state index in [2.05, 4.69) is 51.3 Å². The van der Waals surface area contributed by atoms with Crippen LogP contribution in [0.4, 0.5) is 11.8 Å². The molecule has 2 heterocycles. The van der Waals surface area contributed by atoms with E-state index in [-0.39, 0.29) is 0 Å². The number of rotatable bonds is 2. The minimum atomic E-state index is 0.385. The number of nitrogens with two attached hydrogens (primary N) is 1. The summed E-state index contributed by atoms with van der Waals surface area (Å²) in [6.45, 7) is 6.39. The van der Waals surface area contributed by atoms with Gasteiger partial charge in [-0.1, -0.05) is 13.8 Å². The molecule has 1 fully saturated rings. The Bertz CT molecular complexity index is 400. The number of nitrogens with zero attached hydrogens (tertiary/aromatic N) is 3. The molecule has 2 N–H and O–H groups in total. The zero-order valence-electron chi connectivity index (χ0n) is 10.4. The minimum absolute atomic E-state index is 0.385. The van der Waals surface area contributed by atoms with Crippen LogP contribution < -0.4 is 10.6 Å². The van der Waals surface area contributed by atoms with Crippen molar-refractivity contribution in [2.24, 2.45) is 0 Å². The van der Waals surface area contributed by atoms with Crippen LogP contribution in [0, 0.1) is 3.57 Å². The van der Waals surface area contributed by atoms with Gasteiger partial charge in [0.25, 0.3) is 0 Å². The summed E-state index contributed by atoms with van der Waals surface area (Å²) in [6, 6.07) is 0. The first kappa shape index (κ1) is 12.9. The van der Waals surface area contributed by atoms with Crippen molar-refractivity contribution in [1.29, 1.82) is 0 Å². The second-order valence-electron chi connectivity index (χ2n) is 4.81. The standard InChI is InChI=1S/C12H19IN4/c1-8(2)10-9(13)11(14)16-12(15-10)17-6-4-3-5-7-17/h8H,3-7H2,1-2H3,(H2,14,15,16). The van der Waals surface area contributed by atoms with Gasteiger partial charge in [0, 0.05) is 13.1 Å². The quantitative estimate of drug-likeness (QED) is 0.837. The normalized spacial score (nSPS) is 16.6. The van der Waals surface area contributed by atoms with E-state index in [1.54, 1.807) is 0 Å². The summed E-state index contributed by atoms with van der Waals surface area (Å²) < 4.78 is 0.998. The monoisotopic (exact) mass is 346 g/mol. The predicted octanol–water partition coefficient (Wildman–Crippen LogP) is 2.78. The van der Waals surface area contributed by atoms with Crippen molar-refractivity contribution in [3.05, 3.63) is 9.26 Å². The molecule has 0 atom stereocenters. The zero-order valence-corrected chi connectivity index (χ0v) is 12.6. The lowest BCUT2D eigenvalue weighted by molar-refractivity contribution is 0.566. The number of hydrogen-bond acceptors (Lipinski definition) is 4. The molecule has 1 aromatic rings. The van der Waals surface area contributed by atoms with Crippen LogP contribution in [0.25, 0.3) is 0 Å². The summed E-state index contributed by atoms with van der Waals surface area (Å²) in [5.41, 5.74) is 7.05. The van der Waals surface area contributed by atoms with Crippen LogP contribution in [-0.2, 0) is 0 Å². The molecule has 0 spiro atoms. The Hall–Kier alpha value is -0.590. The Labute approximate surface area is 116 Å². The van der Waals surface area contributed by atoms with Crippen molar-refractivity contribution in [2.45, 2.75) is 39.0 Å². The maximum atomic E-state index is 5.98. The average molecular weight is 346 g/mol.